The van der Waals surface area contributed by atoms with E-state index in [0.717, 1.165) is 5.92 Å². The first kappa shape index (κ1) is 13.7. The highest BCUT2D eigenvalue weighted by Gasteiger charge is 2.31. The summed E-state index contributed by atoms with van der Waals surface area (Å²) in [4.78, 5) is 15.8. The zero-order valence-electron chi connectivity index (χ0n) is 11.8. The van der Waals surface area contributed by atoms with Gasteiger partial charge in [-0.2, -0.15) is 0 Å². The fourth-order valence-corrected chi connectivity index (χ4v) is 3.87. The number of carbonyl (C=O) groups is 1. The molecule has 18 heavy (non-hydrogen) atoms. The molecule has 0 aliphatic heterocycles. The molecule has 0 radical (unpaired) electrons. The minimum atomic E-state index is 0.0841. The van der Waals surface area contributed by atoms with E-state index in [0.29, 0.717) is 17.0 Å². The predicted molar refractivity (Wildman–Crippen MR) is 76.3 cm³/mol. The second-order valence-corrected chi connectivity index (χ2v) is 7.43. The fraction of sp³-hybridized carbons (Fsp3) is 0.733. The molecule has 1 aliphatic rings. The number of Topliss-reactive ketones (excluding diaryl/α,β-unsaturated/α-hetero) is 1. The van der Waals surface area contributed by atoms with E-state index in [4.69, 9.17) is 0 Å². The summed E-state index contributed by atoms with van der Waals surface area (Å²) in [6, 6.07) is 0. The van der Waals surface area contributed by atoms with Crippen molar-refractivity contribution in [3.63, 3.8) is 0 Å². The molecule has 2 rings (SSSR count). The van der Waals surface area contributed by atoms with Gasteiger partial charge >= 0.3 is 0 Å². The minimum Gasteiger partial charge on any atom is -0.293 e. The number of ketones is 1. The SMILES string of the molecule is CC(=O)c1csc(C2CCC(C(C)(C)C)CC2)n1. The lowest BCUT2D eigenvalue weighted by Gasteiger charge is -2.36. The molecule has 3 heteroatoms. The van der Waals surface area contributed by atoms with Gasteiger partial charge in [-0.05, 0) is 37.0 Å². The molecule has 0 unspecified atom stereocenters. The van der Waals surface area contributed by atoms with Gasteiger partial charge in [0.15, 0.2) is 5.78 Å². The quantitative estimate of drug-likeness (QED) is 0.728. The first-order chi connectivity index (χ1) is 8.38. The summed E-state index contributed by atoms with van der Waals surface area (Å²) in [7, 11) is 0. The molecule has 1 saturated carbocycles. The lowest BCUT2D eigenvalue weighted by Crippen LogP contribution is -2.25. The molecule has 100 valence electrons. The molecule has 0 spiro atoms. The first-order valence-electron chi connectivity index (χ1n) is 6.84. The fourth-order valence-electron chi connectivity index (χ4n) is 2.84. The predicted octanol–water partition coefficient (Wildman–Crippen LogP) is 4.67. The van der Waals surface area contributed by atoms with Gasteiger partial charge in [0.25, 0.3) is 0 Å². The van der Waals surface area contributed by atoms with E-state index in [1.54, 1.807) is 18.3 Å². The number of aromatic nitrogens is 1. The highest BCUT2D eigenvalue weighted by Crippen LogP contribution is 2.43. The summed E-state index contributed by atoms with van der Waals surface area (Å²) in [5, 5.41) is 3.08. The Balaban J connectivity index is 1.99. The molecule has 1 aromatic heterocycles. The van der Waals surface area contributed by atoms with Gasteiger partial charge in [0, 0.05) is 18.2 Å². The van der Waals surface area contributed by atoms with Crippen molar-refractivity contribution >= 4 is 17.1 Å². The Labute approximate surface area is 114 Å². The van der Waals surface area contributed by atoms with Crippen LogP contribution in [0.5, 0.6) is 0 Å². The Hall–Kier alpha value is -0.700. The standard InChI is InChI=1S/C15H23NOS/c1-10(17)13-9-18-14(16-13)11-5-7-12(8-6-11)15(2,3)4/h9,11-12H,5-8H2,1-4H3. The summed E-state index contributed by atoms with van der Waals surface area (Å²) in [6.07, 6.45) is 5.05. The third kappa shape index (κ3) is 3.00. The molecule has 2 nitrogen and oxygen atoms in total. The molecule has 1 fully saturated rings. The largest absolute Gasteiger partial charge is 0.293 e. The second-order valence-electron chi connectivity index (χ2n) is 6.54. The van der Waals surface area contributed by atoms with Crippen molar-refractivity contribution < 1.29 is 4.79 Å². The number of carbonyl (C=O) groups excluding carboxylic acids is 1. The van der Waals surface area contributed by atoms with Crippen LogP contribution >= 0.6 is 11.3 Å². The van der Waals surface area contributed by atoms with Gasteiger partial charge in [0.1, 0.15) is 5.69 Å². The molecule has 0 amide bonds. The Bertz CT molecular complexity index is 422. The van der Waals surface area contributed by atoms with Crippen molar-refractivity contribution in [1.82, 2.24) is 4.98 Å². The van der Waals surface area contributed by atoms with Crippen LogP contribution in [-0.2, 0) is 0 Å². The molecule has 0 bridgehead atoms. The maximum Gasteiger partial charge on any atom is 0.178 e. The Kier molecular flexibility index (Phi) is 3.90. The molecular formula is C15H23NOS. The van der Waals surface area contributed by atoms with Crippen LogP contribution in [0.2, 0.25) is 0 Å². The maximum absolute atomic E-state index is 11.3. The van der Waals surface area contributed by atoms with Gasteiger partial charge in [-0.25, -0.2) is 4.98 Å². The Morgan fingerprint density at radius 1 is 1.28 bits per heavy atom. The number of hydrogen-bond donors (Lipinski definition) is 0. The van der Waals surface area contributed by atoms with Crippen LogP contribution in [-0.4, -0.2) is 10.8 Å². The normalized spacial score (nSPS) is 25.1. The van der Waals surface area contributed by atoms with Gasteiger partial charge in [0.05, 0.1) is 5.01 Å². The second kappa shape index (κ2) is 5.12. The number of nitrogens with zero attached hydrogens (tertiary/aromatic N) is 1. The number of thiazole rings is 1. The van der Waals surface area contributed by atoms with Crippen molar-refractivity contribution in [3.05, 3.63) is 16.1 Å². The van der Waals surface area contributed by atoms with E-state index < -0.39 is 0 Å². The lowest BCUT2D eigenvalue weighted by atomic mass is 9.70. The molecule has 0 saturated heterocycles. The van der Waals surface area contributed by atoms with Crippen LogP contribution in [0, 0.1) is 11.3 Å². The van der Waals surface area contributed by atoms with Crippen molar-refractivity contribution in [1.29, 1.82) is 0 Å². The van der Waals surface area contributed by atoms with Crippen LogP contribution in [0.25, 0.3) is 0 Å². The van der Waals surface area contributed by atoms with E-state index in [2.05, 4.69) is 25.8 Å². The van der Waals surface area contributed by atoms with Crippen molar-refractivity contribution in [2.24, 2.45) is 11.3 Å². The average Bonchev–Trinajstić information content (AvgIpc) is 2.77. The smallest absolute Gasteiger partial charge is 0.178 e. The van der Waals surface area contributed by atoms with Crippen LogP contribution in [0.3, 0.4) is 0 Å². The number of hydrogen-bond acceptors (Lipinski definition) is 3. The van der Waals surface area contributed by atoms with Crippen molar-refractivity contribution in [3.8, 4) is 0 Å². The summed E-state index contributed by atoms with van der Waals surface area (Å²) >= 11 is 1.66. The third-order valence-corrected chi connectivity index (χ3v) is 5.19. The van der Waals surface area contributed by atoms with Crippen LogP contribution < -0.4 is 0 Å². The van der Waals surface area contributed by atoms with Crippen molar-refractivity contribution in [2.45, 2.75) is 59.3 Å². The van der Waals surface area contributed by atoms with E-state index in [1.807, 2.05) is 5.38 Å². The Morgan fingerprint density at radius 3 is 2.33 bits per heavy atom. The van der Waals surface area contributed by atoms with E-state index in [-0.39, 0.29) is 5.78 Å². The lowest BCUT2D eigenvalue weighted by molar-refractivity contribution is 0.101. The molecular weight excluding hydrogens is 242 g/mol. The van der Waals surface area contributed by atoms with E-state index in [9.17, 15) is 4.79 Å². The minimum absolute atomic E-state index is 0.0841. The van der Waals surface area contributed by atoms with E-state index in [1.165, 1.54) is 30.7 Å². The van der Waals surface area contributed by atoms with Gasteiger partial charge in [-0.1, -0.05) is 20.8 Å². The molecule has 1 heterocycles. The van der Waals surface area contributed by atoms with Crippen LogP contribution in [0.4, 0.5) is 0 Å². The van der Waals surface area contributed by atoms with Crippen LogP contribution in [0.15, 0.2) is 5.38 Å². The van der Waals surface area contributed by atoms with Gasteiger partial charge < -0.3 is 0 Å². The molecule has 1 aromatic rings. The molecule has 0 atom stereocenters. The molecule has 1 aliphatic carbocycles. The summed E-state index contributed by atoms with van der Waals surface area (Å²) in [5.74, 6) is 1.50. The number of rotatable bonds is 2. The molecule has 0 N–H and O–H groups in total. The van der Waals surface area contributed by atoms with Crippen molar-refractivity contribution in [2.75, 3.05) is 0 Å². The van der Waals surface area contributed by atoms with Crippen LogP contribution in [0.1, 0.15) is 74.8 Å². The van der Waals surface area contributed by atoms with E-state index >= 15 is 0 Å². The van der Waals surface area contributed by atoms with Gasteiger partial charge in [-0.15, -0.1) is 11.3 Å². The summed E-state index contributed by atoms with van der Waals surface area (Å²) in [5.41, 5.74) is 1.08. The first-order valence-corrected chi connectivity index (χ1v) is 7.72. The summed E-state index contributed by atoms with van der Waals surface area (Å²) < 4.78 is 0. The zero-order valence-corrected chi connectivity index (χ0v) is 12.6. The van der Waals surface area contributed by atoms with Gasteiger partial charge in [-0.3, -0.25) is 4.79 Å². The highest BCUT2D eigenvalue weighted by atomic mass is 32.1. The third-order valence-electron chi connectivity index (χ3n) is 4.18. The Morgan fingerprint density at radius 2 is 1.89 bits per heavy atom. The monoisotopic (exact) mass is 265 g/mol. The summed E-state index contributed by atoms with van der Waals surface area (Å²) in [6.45, 7) is 8.62. The maximum atomic E-state index is 11.3. The zero-order chi connectivity index (χ0) is 13.3. The highest BCUT2D eigenvalue weighted by molar-refractivity contribution is 7.09. The topological polar surface area (TPSA) is 30.0 Å². The molecule has 0 aromatic carbocycles. The average molecular weight is 265 g/mol. The van der Waals surface area contributed by atoms with Gasteiger partial charge in [0.2, 0.25) is 0 Å².